The lowest BCUT2D eigenvalue weighted by molar-refractivity contribution is -0.136. The van der Waals surface area contributed by atoms with E-state index in [1.807, 2.05) is 13.0 Å². The third-order valence-electron chi connectivity index (χ3n) is 2.10. The standard InChI is InChI=1S/C10H13BrN2O2/c1-3-6-4-7(12)9(10(14)15-2)13-8(11)5-6/h5H,3-4,12H2,1-2H3. The summed E-state index contributed by atoms with van der Waals surface area (Å²) in [5.74, 6) is -0.504. The van der Waals surface area contributed by atoms with Crippen molar-refractivity contribution in [3.8, 4) is 0 Å². The molecule has 0 spiro atoms. The van der Waals surface area contributed by atoms with Crippen LogP contribution in [-0.4, -0.2) is 17.7 Å². The van der Waals surface area contributed by atoms with Crippen molar-refractivity contribution >= 4 is 26.5 Å². The molecule has 1 rings (SSSR count). The Labute approximate surface area is 97.0 Å². The zero-order valence-corrected chi connectivity index (χ0v) is 10.3. The van der Waals surface area contributed by atoms with Crippen LogP contribution >= 0.6 is 15.9 Å². The molecule has 15 heavy (non-hydrogen) atoms. The number of aliphatic imine (C=N–C) groups is 1. The molecule has 0 saturated heterocycles. The highest BCUT2D eigenvalue weighted by Crippen LogP contribution is 2.21. The van der Waals surface area contributed by atoms with Gasteiger partial charge in [-0.15, -0.1) is 0 Å². The number of nitrogens with two attached hydrogens (primary N) is 1. The van der Waals surface area contributed by atoms with Gasteiger partial charge >= 0.3 is 5.97 Å². The van der Waals surface area contributed by atoms with E-state index in [-0.39, 0.29) is 5.70 Å². The number of rotatable bonds is 2. The topological polar surface area (TPSA) is 64.7 Å². The van der Waals surface area contributed by atoms with Gasteiger partial charge in [-0.25, -0.2) is 9.79 Å². The molecule has 0 unspecified atom stereocenters. The summed E-state index contributed by atoms with van der Waals surface area (Å²) >= 11 is 3.26. The minimum atomic E-state index is -0.504. The summed E-state index contributed by atoms with van der Waals surface area (Å²) in [5.41, 5.74) is 7.55. The molecule has 5 heteroatoms. The Morgan fingerprint density at radius 3 is 2.93 bits per heavy atom. The van der Waals surface area contributed by atoms with Crippen molar-refractivity contribution in [3.63, 3.8) is 0 Å². The fraction of sp³-hybridized carbons (Fsp3) is 0.400. The van der Waals surface area contributed by atoms with Crippen molar-refractivity contribution in [2.45, 2.75) is 19.8 Å². The van der Waals surface area contributed by atoms with E-state index >= 15 is 0 Å². The summed E-state index contributed by atoms with van der Waals surface area (Å²) in [6, 6.07) is 0. The number of carbonyl (C=O) groups is 1. The molecule has 1 aliphatic heterocycles. The van der Waals surface area contributed by atoms with Crippen molar-refractivity contribution in [1.29, 1.82) is 0 Å². The lowest BCUT2D eigenvalue weighted by atomic mass is 10.1. The molecule has 0 fully saturated rings. The molecule has 82 valence electrons. The molecule has 1 aliphatic rings. The minimum absolute atomic E-state index is 0.184. The molecule has 0 aromatic carbocycles. The van der Waals surface area contributed by atoms with Crippen LogP contribution in [0.1, 0.15) is 19.8 Å². The number of methoxy groups -OCH3 is 1. The Kier molecular flexibility index (Phi) is 4.08. The minimum Gasteiger partial charge on any atom is -0.464 e. The summed E-state index contributed by atoms with van der Waals surface area (Å²) < 4.78 is 5.20. The Balaban J connectivity index is 3.09. The van der Waals surface area contributed by atoms with Crippen LogP contribution in [0.15, 0.2) is 28.0 Å². The largest absolute Gasteiger partial charge is 0.464 e. The number of nitrogens with zero attached hydrogens (tertiary/aromatic N) is 1. The van der Waals surface area contributed by atoms with E-state index in [1.54, 1.807) is 0 Å². The maximum atomic E-state index is 11.4. The van der Waals surface area contributed by atoms with Gasteiger partial charge in [0.1, 0.15) is 4.62 Å². The van der Waals surface area contributed by atoms with Gasteiger partial charge in [-0.2, -0.15) is 0 Å². The molecule has 0 aromatic rings. The lowest BCUT2D eigenvalue weighted by Gasteiger charge is -2.04. The van der Waals surface area contributed by atoms with E-state index in [1.165, 1.54) is 7.11 Å². The van der Waals surface area contributed by atoms with Crippen molar-refractivity contribution < 1.29 is 9.53 Å². The average molecular weight is 273 g/mol. The molecule has 4 nitrogen and oxygen atoms in total. The van der Waals surface area contributed by atoms with Crippen LogP contribution in [0.5, 0.6) is 0 Å². The third-order valence-corrected chi connectivity index (χ3v) is 2.50. The number of hydrogen-bond acceptors (Lipinski definition) is 4. The molecule has 0 amide bonds. The van der Waals surface area contributed by atoms with E-state index in [4.69, 9.17) is 5.73 Å². The molecular formula is C10H13BrN2O2. The maximum absolute atomic E-state index is 11.4. The fourth-order valence-corrected chi connectivity index (χ4v) is 1.76. The highest BCUT2D eigenvalue weighted by Gasteiger charge is 2.17. The summed E-state index contributed by atoms with van der Waals surface area (Å²) in [7, 11) is 1.31. The summed E-state index contributed by atoms with van der Waals surface area (Å²) in [5, 5.41) is 0. The normalized spacial score (nSPS) is 16.7. The lowest BCUT2D eigenvalue weighted by Crippen LogP contribution is -2.11. The van der Waals surface area contributed by atoms with Gasteiger partial charge in [0.05, 0.1) is 7.11 Å². The van der Waals surface area contributed by atoms with Crippen LogP contribution in [-0.2, 0) is 9.53 Å². The first-order valence-corrected chi connectivity index (χ1v) is 5.38. The second-order valence-electron chi connectivity index (χ2n) is 3.13. The molecule has 0 bridgehead atoms. The Morgan fingerprint density at radius 2 is 2.40 bits per heavy atom. The molecule has 0 aliphatic carbocycles. The second kappa shape index (κ2) is 5.11. The van der Waals surface area contributed by atoms with Crippen molar-refractivity contribution in [3.05, 3.63) is 23.0 Å². The van der Waals surface area contributed by atoms with Crippen molar-refractivity contribution in [2.75, 3.05) is 7.11 Å². The van der Waals surface area contributed by atoms with Crippen LogP contribution in [0.25, 0.3) is 0 Å². The number of esters is 1. The zero-order valence-electron chi connectivity index (χ0n) is 8.71. The maximum Gasteiger partial charge on any atom is 0.358 e. The van der Waals surface area contributed by atoms with Gasteiger partial charge in [0, 0.05) is 12.1 Å². The smallest absolute Gasteiger partial charge is 0.358 e. The molecule has 0 radical (unpaired) electrons. The number of halogens is 1. The highest BCUT2D eigenvalue weighted by molar-refractivity contribution is 9.18. The molecule has 0 aromatic heterocycles. The SMILES string of the molecule is CCC1=CC(Br)=NC(C(=O)OC)=C(N)C1. The van der Waals surface area contributed by atoms with Crippen LogP contribution in [0.2, 0.25) is 0 Å². The van der Waals surface area contributed by atoms with E-state index in [2.05, 4.69) is 25.7 Å². The highest BCUT2D eigenvalue weighted by atomic mass is 79.9. The van der Waals surface area contributed by atoms with Crippen molar-refractivity contribution in [2.24, 2.45) is 10.7 Å². The third kappa shape index (κ3) is 2.92. The summed E-state index contributed by atoms with van der Waals surface area (Å²) in [6.45, 7) is 2.03. The van der Waals surface area contributed by atoms with Gasteiger partial charge < -0.3 is 10.5 Å². The molecule has 0 saturated carbocycles. The summed E-state index contributed by atoms with van der Waals surface area (Å²) in [6.07, 6.45) is 3.31. The van der Waals surface area contributed by atoms with E-state index < -0.39 is 5.97 Å². The van der Waals surface area contributed by atoms with E-state index in [0.717, 1.165) is 12.0 Å². The Morgan fingerprint density at radius 1 is 1.73 bits per heavy atom. The van der Waals surface area contributed by atoms with E-state index in [9.17, 15) is 4.79 Å². The zero-order chi connectivity index (χ0) is 11.4. The molecule has 0 atom stereocenters. The predicted molar refractivity (Wildman–Crippen MR) is 62.6 cm³/mol. The molecule has 2 N–H and O–H groups in total. The van der Waals surface area contributed by atoms with Crippen molar-refractivity contribution in [1.82, 2.24) is 0 Å². The molecular weight excluding hydrogens is 260 g/mol. The predicted octanol–water partition coefficient (Wildman–Crippen LogP) is 1.86. The van der Waals surface area contributed by atoms with E-state index in [0.29, 0.717) is 16.7 Å². The first-order valence-electron chi connectivity index (χ1n) is 4.59. The van der Waals surface area contributed by atoms with Crippen LogP contribution < -0.4 is 5.73 Å². The number of ether oxygens (including phenoxy) is 1. The van der Waals surface area contributed by atoms with Crippen LogP contribution in [0.3, 0.4) is 0 Å². The Bertz CT molecular complexity index is 370. The fourth-order valence-electron chi connectivity index (χ4n) is 1.26. The van der Waals surface area contributed by atoms with Gasteiger partial charge in [0.2, 0.25) is 0 Å². The number of carbonyl (C=O) groups excluding carboxylic acids is 1. The number of allylic oxidation sites excluding steroid dienone is 2. The first kappa shape index (κ1) is 12.0. The van der Waals surface area contributed by atoms with Gasteiger partial charge in [0.25, 0.3) is 0 Å². The molecule has 1 heterocycles. The second-order valence-corrected chi connectivity index (χ2v) is 3.95. The van der Waals surface area contributed by atoms with Gasteiger partial charge in [-0.1, -0.05) is 12.5 Å². The Hall–Kier alpha value is -1.10. The van der Waals surface area contributed by atoms with Gasteiger partial charge in [0.15, 0.2) is 5.70 Å². The van der Waals surface area contributed by atoms with Gasteiger partial charge in [-0.05, 0) is 28.4 Å². The number of hydrogen-bond donors (Lipinski definition) is 1. The summed E-state index contributed by atoms with van der Waals surface area (Å²) in [4.78, 5) is 15.4. The van der Waals surface area contributed by atoms with Crippen LogP contribution in [0, 0.1) is 0 Å². The quantitative estimate of drug-likeness (QED) is 0.781. The first-order chi connectivity index (χ1) is 7.08. The average Bonchev–Trinajstić information content (AvgIpc) is 2.36. The van der Waals surface area contributed by atoms with Gasteiger partial charge in [-0.3, -0.25) is 0 Å². The van der Waals surface area contributed by atoms with Crippen LogP contribution in [0.4, 0.5) is 0 Å². The monoisotopic (exact) mass is 272 g/mol.